The maximum Gasteiger partial charge on any atom is 0.317 e. The van der Waals surface area contributed by atoms with Gasteiger partial charge in [-0.15, -0.1) is 0 Å². The first-order valence-electron chi connectivity index (χ1n) is 6.74. The highest BCUT2D eigenvalue weighted by Crippen LogP contribution is 2.21. The molecule has 3 N–H and O–H groups in total. The van der Waals surface area contributed by atoms with Gasteiger partial charge in [0.15, 0.2) is 0 Å². The molecule has 2 amide bonds. The molecule has 110 valence electrons. The highest BCUT2D eigenvalue weighted by Gasteiger charge is 2.33. The lowest BCUT2D eigenvalue weighted by Gasteiger charge is -2.35. The summed E-state index contributed by atoms with van der Waals surface area (Å²) in [7, 11) is 0. The second-order valence-electron chi connectivity index (χ2n) is 5.66. The van der Waals surface area contributed by atoms with Crippen LogP contribution in [0.2, 0.25) is 0 Å². The topological polar surface area (TPSA) is 89.9 Å². The quantitative estimate of drug-likeness (QED) is 0.709. The van der Waals surface area contributed by atoms with Gasteiger partial charge in [-0.2, -0.15) is 0 Å². The van der Waals surface area contributed by atoms with E-state index in [1.807, 2.05) is 6.92 Å². The molecule has 1 aliphatic rings. The van der Waals surface area contributed by atoms with E-state index in [2.05, 4.69) is 5.32 Å². The molecule has 0 saturated carbocycles. The van der Waals surface area contributed by atoms with Gasteiger partial charge in [-0.3, -0.25) is 4.79 Å². The summed E-state index contributed by atoms with van der Waals surface area (Å²) >= 11 is 0. The number of carboxylic acids is 1. The van der Waals surface area contributed by atoms with Crippen molar-refractivity contribution < 1.29 is 19.8 Å². The second-order valence-corrected chi connectivity index (χ2v) is 5.66. The number of hydrogen-bond donors (Lipinski definition) is 3. The Labute approximate surface area is 113 Å². The predicted octanol–water partition coefficient (Wildman–Crippen LogP) is 0.900. The number of amides is 2. The van der Waals surface area contributed by atoms with Gasteiger partial charge in [0.05, 0.1) is 11.5 Å². The van der Waals surface area contributed by atoms with Crippen LogP contribution in [-0.2, 0) is 4.79 Å². The van der Waals surface area contributed by atoms with E-state index in [0.717, 1.165) is 0 Å². The summed E-state index contributed by atoms with van der Waals surface area (Å²) in [5.41, 5.74) is -0.934. The van der Waals surface area contributed by atoms with E-state index >= 15 is 0 Å². The number of nitrogens with zero attached hydrogens (tertiary/aromatic N) is 1. The van der Waals surface area contributed by atoms with Crippen molar-refractivity contribution in [2.75, 3.05) is 19.6 Å². The summed E-state index contributed by atoms with van der Waals surface area (Å²) in [6, 6.07) is -0.250. The molecule has 19 heavy (non-hydrogen) atoms. The lowest BCUT2D eigenvalue weighted by Crippen LogP contribution is -2.51. The Morgan fingerprint density at radius 2 is 2.11 bits per heavy atom. The molecule has 1 heterocycles. The zero-order chi connectivity index (χ0) is 14.6. The fourth-order valence-electron chi connectivity index (χ4n) is 2.05. The average molecular weight is 272 g/mol. The first-order valence-corrected chi connectivity index (χ1v) is 6.74. The van der Waals surface area contributed by atoms with Gasteiger partial charge in [-0.1, -0.05) is 13.8 Å². The van der Waals surface area contributed by atoms with Crippen LogP contribution < -0.4 is 5.32 Å². The van der Waals surface area contributed by atoms with E-state index in [9.17, 15) is 14.7 Å². The molecule has 6 heteroatoms. The van der Waals surface area contributed by atoms with Crippen molar-refractivity contribution in [3.8, 4) is 0 Å². The van der Waals surface area contributed by atoms with Crippen molar-refractivity contribution in [1.82, 2.24) is 10.2 Å². The van der Waals surface area contributed by atoms with Crippen LogP contribution in [0.5, 0.6) is 0 Å². The molecule has 0 aliphatic carbocycles. The Morgan fingerprint density at radius 1 is 1.47 bits per heavy atom. The SMILES string of the molecule is CCC(C)(CNC(=O)N1CCC(O)C(C)C1)C(=O)O. The van der Waals surface area contributed by atoms with Gasteiger partial charge in [0.1, 0.15) is 0 Å². The van der Waals surface area contributed by atoms with Gasteiger partial charge in [0.2, 0.25) is 0 Å². The molecule has 0 aromatic heterocycles. The molecular formula is C13H24N2O4. The van der Waals surface area contributed by atoms with Gasteiger partial charge < -0.3 is 20.4 Å². The van der Waals surface area contributed by atoms with Gasteiger partial charge in [-0.25, -0.2) is 4.79 Å². The fourth-order valence-corrected chi connectivity index (χ4v) is 2.05. The fraction of sp³-hybridized carbons (Fsp3) is 0.846. The number of carbonyl (C=O) groups is 2. The van der Waals surface area contributed by atoms with E-state index < -0.39 is 11.4 Å². The van der Waals surface area contributed by atoms with E-state index in [1.54, 1.807) is 18.7 Å². The zero-order valence-electron chi connectivity index (χ0n) is 11.8. The molecule has 0 spiro atoms. The molecule has 1 aliphatic heterocycles. The monoisotopic (exact) mass is 272 g/mol. The number of carboxylic acid groups (broad SMARTS) is 1. The summed E-state index contributed by atoms with van der Waals surface area (Å²) in [6.07, 6.45) is 0.667. The van der Waals surface area contributed by atoms with Crippen LogP contribution in [0.15, 0.2) is 0 Å². The second kappa shape index (κ2) is 6.23. The number of likely N-dealkylation sites (tertiary alicyclic amines) is 1. The lowest BCUT2D eigenvalue weighted by molar-refractivity contribution is -0.147. The third-order valence-corrected chi connectivity index (χ3v) is 4.07. The summed E-state index contributed by atoms with van der Waals surface area (Å²) in [6.45, 7) is 6.44. The van der Waals surface area contributed by atoms with Crippen molar-refractivity contribution in [2.24, 2.45) is 11.3 Å². The minimum absolute atomic E-state index is 0.0523. The molecule has 0 aromatic rings. The number of urea groups is 1. The van der Waals surface area contributed by atoms with Crippen molar-refractivity contribution in [2.45, 2.75) is 39.7 Å². The molecule has 1 saturated heterocycles. The van der Waals surface area contributed by atoms with Crippen LogP contribution in [0.3, 0.4) is 0 Å². The maximum atomic E-state index is 12.0. The summed E-state index contributed by atoms with van der Waals surface area (Å²) in [4.78, 5) is 24.7. The number of aliphatic carboxylic acids is 1. The first-order chi connectivity index (χ1) is 8.80. The molecular weight excluding hydrogens is 248 g/mol. The summed E-state index contributed by atoms with van der Waals surface area (Å²) < 4.78 is 0. The largest absolute Gasteiger partial charge is 0.481 e. The Morgan fingerprint density at radius 3 is 2.58 bits per heavy atom. The summed E-state index contributed by atoms with van der Waals surface area (Å²) in [5.74, 6) is -0.853. The Kier molecular flexibility index (Phi) is 5.17. The maximum absolute atomic E-state index is 12.0. The van der Waals surface area contributed by atoms with Gasteiger partial charge >= 0.3 is 12.0 Å². The van der Waals surface area contributed by atoms with Crippen LogP contribution in [0.4, 0.5) is 4.79 Å². The minimum atomic E-state index is -0.934. The van der Waals surface area contributed by atoms with Crippen molar-refractivity contribution in [3.05, 3.63) is 0 Å². The van der Waals surface area contributed by atoms with Gasteiger partial charge in [0, 0.05) is 19.6 Å². The van der Waals surface area contributed by atoms with Crippen molar-refractivity contribution >= 4 is 12.0 Å². The molecule has 3 atom stereocenters. The average Bonchev–Trinajstić information content (AvgIpc) is 2.38. The minimum Gasteiger partial charge on any atom is -0.481 e. The summed E-state index contributed by atoms with van der Waals surface area (Å²) in [5, 5.41) is 21.4. The number of aliphatic hydroxyl groups excluding tert-OH is 1. The molecule has 0 bridgehead atoms. The number of carbonyl (C=O) groups excluding carboxylic acids is 1. The predicted molar refractivity (Wildman–Crippen MR) is 70.8 cm³/mol. The standard InChI is InChI=1S/C13H24N2O4/c1-4-13(3,11(17)18)8-14-12(19)15-6-5-10(16)9(2)7-15/h9-10,16H,4-8H2,1-3H3,(H,14,19)(H,17,18). The number of rotatable bonds is 4. The van der Waals surface area contributed by atoms with Crippen LogP contribution in [0.1, 0.15) is 33.6 Å². The molecule has 6 nitrogen and oxygen atoms in total. The Hall–Kier alpha value is -1.30. The van der Waals surface area contributed by atoms with Crippen LogP contribution in [0, 0.1) is 11.3 Å². The molecule has 1 rings (SSSR count). The number of aliphatic hydroxyl groups is 1. The van der Waals surface area contributed by atoms with Crippen LogP contribution in [0.25, 0.3) is 0 Å². The zero-order valence-corrected chi connectivity index (χ0v) is 11.8. The number of nitrogens with one attached hydrogen (secondary N) is 1. The normalized spacial score (nSPS) is 26.6. The highest BCUT2D eigenvalue weighted by atomic mass is 16.4. The van der Waals surface area contributed by atoms with E-state index in [-0.39, 0.29) is 24.6 Å². The lowest BCUT2D eigenvalue weighted by atomic mass is 9.88. The van der Waals surface area contributed by atoms with Gasteiger partial charge in [0.25, 0.3) is 0 Å². The van der Waals surface area contributed by atoms with Gasteiger partial charge in [-0.05, 0) is 25.7 Å². The van der Waals surface area contributed by atoms with E-state index in [0.29, 0.717) is 25.9 Å². The van der Waals surface area contributed by atoms with Crippen molar-refractivity contribution in [1.29, 1.82) is 0 Å². The smallest absolute Gasteiger partial charge is 0.317 e. The third kappa shape index (κ3) is 3.83. The Balaban J connectivity index is 2.50. The molecule has 0 aromatic carbocycles. The van der Waals surface area contributed by atoms with Crippen molar-refractivity contribution in [3.63, 3.8) is 0 Å². The Bertz CT molecular complexity index is 348. The molecule has 3 unspecified atom stereocenters. The molecule has 1 fully saturated rings. The van der Waals surface area contributed by atoms with E-state index in [4.69, 9.17) is 5.11 Å². The number of piperidine rings is 1. The first kappa shape index (κ1) is 15.8. The van der Waals surface area contributed by atoms with E-state index in [1.165, 1.54) is 0 Å². The van der Waals surface area contributed by atoms with Crippen LogP contribution >= 0.6 is 0 Å². The third-order valence-electron chi connectivity index (χ3n) is 4.07. The van der Waals surface area contributed by atoms with Crippen LogP contribution in [-0.4, -0.2) is 52.9 Å². The molecule has 0 radical (unpaired) electrons. The highest BCUT2D eigenvalue weighted by molar-refractivity contribution is 5.78. The number of hydrogen-bond acceptors (Lipinski definition) is 3.